The van der Waals surface area contributed by atoms with Crippen molar-refractivity contribution < 1.29 is 13.9 Å². The van der Waals surface area contributed by atoms with Crippen molar-refractivity contribution in [3.8, 4) is 11.1 Å². The number of aromatic nitrogens is 2. The van der Waals surface area contributed by atoms with Gasteiger partial charge in [-0.05, 0) is 24.1 Å². The summed E-state index contributed by atoms with van der Waals surface area (Å²) in [5.41, 5.74) is 1.50. The summed E-state index contributed by atoms with van der Waals surface area (Å²) >= 11 is 0. The maximum atomic E-state index is 14.6. The summed E-state index contributed by atoms with van der Waals surface area (Å²) in [6.45, 7) is 4.58. The van der Waals surface area contributed by atoms with E-state index in [0.29, 0.717) is 24.7 Å². The van der Waals surface area contributed by atoms with Crippen LogP contribution in [0, 0.1) is 5.82 Å². The lowest BCUT2D eigenvalue weighted by Crippen LogP contribution is -2.45. The third-order valence-corrected chi connectivity index (χ3v) is 5.11. The molecule has 1 amide bonds. The van der Waals surface area contributed by atoms with Crippen molar-refractivity contribution >= 4 is 5.91 Å². The van der Waals surface area contributed by atoms with Crippen molar-refractivity contribution in [2.75, 3.05) is 39.4 Å². The number of hydrogen-bond acceptors (Lipinski definition) is 5. The Hall–Kier alpha value is -2.38. The molecule has 1 unspecified atom stereocenters. The molecule has 7 heteroatoms. The third-order valence-electron chi connectivity index (χ3n) is 5.11. The number of amides is 1. The normalized spacial score (nSPS) is 21.1. The van der Waals surface area contributed by atoms with Crippen molar-refractivity contribution in [2.24, 2.45) is 0 Å². The molecule has 136 valence electrons. The Labute approximate surface area is 151 Å². The van der Waals surface area contributed by atoms with E-state index in [-0.39, 0.29) is 11.5 Å². The second-order valence-electron chi connectivity index (χ2n) is 6.66. The highest BCUT2D eigenvalue weighted by Gasteiger charge is 2.32. The maximum absolute atomic E-state index is 14.6. The Balaban J connectivity index is 1.46. The van der Waals surface area contributed by atoms with E-state index < -0.39 is 5.82 Å². The van der Waals surface area contributed by atoms with Gasteiger partial charge in [-0.2, -0.15) is 0 Å². The molecule has 0 aliphatic carbocycles. The molecule has 1 atom stereocenters. The van der Waals surface area contributed by atoms with Crippen LogP contribution in [-0.2, 0) is 4.74 Å². The molecule has 0 N–H and O–H groups in total. The van der Waals surface area contributed by atoms with Crippen LogP contribution in [0.25, 0.3) is 11.1 Å². The Morgan fingerprint density at radius 2 is 1.88 bits per heavy atom. The van der Waals surface area contributed by atoms with Crippen molar-refractivity contribution in [2.45, 2.75) is 12.5 Å². The average Bonchev–Trinajstić information content (AvgIpc) is 3.19. The van der Waals surface area contributed by atoms with Crippen molar-refractivity contribution in [3.63, 3.8) is 0 Å². The zero-order valence-electron chi connectivity index (χ0n) is 14.5. The van der Waals surface area contributed by atoms with E-state index in [2.05, 4.69) is 14.9 Å². The topological polar surface area (TPSA) is 58.6 Å². The first-order valence-electron chi connectivity index (χ1n) is 8.88. The lowest BCUT2D eigenvalue weighted by atomic mass is 10.1. The number of nitrogens with zero attached hydrogens (tertiary/aromatic N) is 4. The molecule has 4 rings (SSSR count). The molecule has 26 heavy (non-hydrogen) atoms. The number of benzene rings is 1. The van der Waals surface area contributed by atoms with Gasteiger partial charge in [0, 0.05) is 50.2 Å². The van der Waals surface area contributed by atoms with E-state index in [1.807, 2.05) is 0 Å². The van der Waals surface area contributed by atoms with Crippen LogP contribution < -0.4 is 0 Å². The highest BCUT2D eigenvalue weighted by Crippen LogP contribution is 2.24. The number of rotatable bonds is 3. The molecule has 2 saturated heterocycles. The molecule has 0 radical (unpaired) electrons. The first-order chi connectivity index (χ1) is 12.7. The Kier molecular flexibility index (Phi) is 4.90. The summed E-state index contributed by atoms with van der Waals surface area (Å²) < 4.78 is 20.0. The van der Waals surface area contributed by atoms with Crippen LogP contribution in [-0.4, -0.2) is 71.1 Å². The van der Waals surface area contributed by atoms with Gasteiger partial charge in [-0.25, -0.2) is 14.4 Å². The Bertz CT molecular complexity index is 780. The SMILES string of the molecule is O=C(c1ccc(-c2cncnc2)cc1F)N1CCC(N2CCOCC2)C1. The van der Waals surface area contributed by atoms with Gasteiger partial charge in [0.15, 0.2) is 0 Å². The minimum Gasteiger partial charge on any atom is -0.379 e. The summed E-state index contributed by atoms with van der Waals surface area (Å²) in [5.74, 6) is -0.750. The lowest BCUT2D eigenvalue weighted by molar-refractivity contribution is 0.0185. The van der Waals surface area contributed by atoms with Crippen LogP contribution in [0.2, 0.25) is 0 Å². The summed E-state index contributed by atoms with van der Waals surface area (Å²) in [7, 11) is 0. The van der Waals surface area contributed by atoms with Gasteiger partial charge in [0.1, 0.15) is 12.1 Å². The summed E-state index contributed by atoms with van der Waals surface area (Å²) in [6.07, 6.45) is 5.59. The molecular formula is C19H21FN4O2. The quantitative estimate of drug-likeness (QED) is 0.840. The molecule has 2 fully saturated rings. The fraction of sp³-hybridized carbons (Fsp3) is 0.421. The molecule has 6 nitrogen and oxygen atoms in total. The summed E-state index contributed by atoms with van der Waals surface area (Å²) in [6, 6.07) is 5.01. The molecule has 3 heterocycles. The van der Waals surface area contributed by atoms with Gasteiger partial charge in [0.25, 0.3) is 5.91 Å². The second kappa shape index (κ2) is 7.47. The zero-order valence-corrected chi connectivity index (χ0v) is 14.5. The van der Waals surface area contributed by atoms with E-state index >= 15 is 0 Å². The minimum atomic E-state index is -0.508. The van der Waals surface area contributed by atoms with Gasteiger partial charge >= 0.3 is 0 Å². The molecule has 0 saturated carbocycles. The van der Waals surface area contributed by atoms with Crippen LogP contribution in [0.1, 0.15) is 16.8 Å². The Morgan fingerprint density at radius 3 is 2.62 bits per heavy atom. The van der Waals surface area contributed by atoms with Gasteiger partial charge in [-0.15, -0.1) is 0 Å². The number of hydrogen-bond donors (Lipinski definition) is 0. The standard InChI is InChI=1S/C19H21FN4O2/c20-18-9-14(15-10-21-13-22-11-15)1-2-17(18)19(25)24-4-3-16(12-24)23-5-7-26-8-6-23/h1-2,9-11,13,16H,3-8,12H2. The highest BCUT2D eigenvalue weighted by atomic mass is 19.1. The van der Waals surface area contributed by atoms with E-state index in [1.165, 1.54) is 12.4 Å². The first-order valence-corrected chi connectivity index (χ1v) is 8.88. The molecule has 2 aromatic rings. The monoisotopic (exact) mass is 356 g/mol. The molecular weight excluding hydrogens is 335 g/mol. The van der Waals surface area contributed by atoms with E-state index in [9.17, 15) is 9.18 Å². The largest absolute Gasteiger partial charge is 0.379 e. The van der Waals surface area contributed by atoms with Gasteiger partial charge in [0.2, 0.25) is 0 Å². The van der Waals surface area contributed by atoms with Crippen LogP contribution in [0.15, 0.2) is 36.9 Å². The van der Waals surface area contributed by atoms with Crippen LogP contribution in [0.3, 0.4) is 0 Å². The van der Waals surface area contributed by atoms with Crippen LogP contribution >= 0.6 is 0 Å². The van der Waals surface area contributed by atoms with Crippen molar-refractivity contribution in [1.82, 2.24) is 19.8 Å². The average molecular weight is 356 g/mol. The predicted octanol–water partition coefficient (Wildman–Crippen LogP) is 1.83. The molecule has 0 spiro atoms. The number of halogens is 1. The highest BCUT2D eigenvalue weighted by molar-refractivity contribution is 5.95. The van der Waals surface area contributed by atoms with Gasteiger partial charge < -0.3 is 9.64 Å². The lowest BCUT2D eigenvalue weighted by Gasteiger charge is -2.32. The fourth-order valence-electron chi connectivity index (χ4n) is 3.65. The van der Waals surface area contributed by atoms with E-state index in [1.54, 1.807) is 29.4 Å². The molecule has 0 bridgehead atoms. The van der Waals surface area contributed by atoms with Gasteiger partial charge in [0.05, 0.1) is 18.8 Å². The number of morpholine rings is 1. The van der Waals surface area contributed by atoms with Crippen LogP contribution in [0.4, 0.5) is 4.39 Å². The molecule has 1 aromatic carbocycles. The van der Waals surface area contributed by atoms with E-state index in [0.717, 1.165) is 38.3 Å². The van der Waals surface area contributed by atoms with Crippen molar-refractivity contribution in [3.05, 3.63) is 48.3 Å². The Morgan fingerprint density at radius 1 is 1.12 bits per heavy atom. The van der Waals surface area contributed by atoms with E-state index in [4.69, 9.17) is 4.74 Å². The third kappa shape index (κ3) is 3.45. The van der Waals surface area contributed by atoms with Gasteiger partial charge in [-0.1, -0.05) is 6.07 Å². The first kappa shape index (κ1) is 17.1. The number of carbonyl (C=O) groups is 1. The zero-order chi connectivity index (χ0) is 17.9. The molecule has 1 aromatic heterocycles. The van der Waals surface area contributed by atoms with Crippen molar-refractivity contribution in [1.29, 1.82) is 0 Å². The number of carbonyl (C=O) groups excluding carboxylic acids is 1. The van der Waals surface area contributed by atoms with Gasteiger partial charge in [-0.3, -0.25) is 9.69 Å². The summed E-state index contributed by atoms with van der Waals surface area (Å²) in [4.78, 5) is 24.8. The smallest absolute Gasteiger partial charge is 0.256 e. The molecule has 2 aliphatic heterocycles. The molecule has 2 aliphatic rings. The summed E-state index contributed by atoms with van der Waals surface area (Å²) in [5, 5.41) is 0. The second-order valence-corrected chi connectivity index (χ2v) is 6.66. The predicted molar refractivity (Wildman–Crippen MR) is 94.1 cm³/mol. The number of likely N-dealkylation sites (tertiary alicyclic amines) is 1. The van der Waals surface area contributed by atoms with Crippen LogP contribution in [0.5, 0.6) is 0 Å². The fourth-order valence-corrected chi connectivity index (χ4v) is 3.65. The number of ether oxygens (including phenoxy) is 1. The maximum Gasteiger partial charge on any atom is 0.256 e. The minimum absolute atomic E-state index is 0.119.